The molecule has 0 amide bonds. The SMILES string of the molecule is CNC1CCN(Cc2cc(CN3CCC(NC)CC3)cc(-c3cc(Cl)cc(Cl)c3)c2)CC1. The topological polar surface area (TPSA) is 30.5 Å². The number of nitrogens with zero attached hydrogens (tertiary/aromatic N) is 2. The monoisotopic (exact) mass is 474 g/mol. The Hall–Kier alpha value is -1.14. The molecule has 2 aromatic carbocycles. The summed E-state index contributed by atoms with van der Waals surface area (Å²) in [5, 5.41) is 8.23. The van der Waals surface area contributed by atoms with Gasteiger partial charge in [0, 0.05) is 35.2 Å². The van der Waals surface area contributed by atoms with Crippen LogP contribution in [0.5, 0.6) is 0 Å². The van der Waals surface area contributed by atoms with Crippen LogP contribution >= 0.6 is 23.2 Å². The van der Waals surface area contributed by atoms with E-state index < -0.39 is 0 Å². The maximum Gasteiger partial charge on any atom is 0.0426 e. The van der Waals surface area contributed by atoms with Crippen LogP contribution < -0.4 is 10.6 Å². The lowest BCUT2D eigenvalue weighted by Gasteiger charge is -2.33. The highest BCUT2D eigenvalue weighted by atomic mass is 35.5. The van der Waals surface area contributed by atoms with Crippen LogP contribution in [-0.2, 0) is 13.1 Å². The molecule has 0 spiro atoms. The standard InChI is InChI=1S/C26H36Cl2N4/c1-29-25-3-7-31(8-4-25)17-19-11-20(18-32-9-5-26(30-2)6-10-32)13-21(12-19)22-14-23(27)16-24(28)15-22/h11-16,25-26,29-30H,3-10,17-18H2,1-2H3. The van der Waals surface area contributed by atoms with E-state index in [2.05, 4.69) is 52.7 Å². The van der Waals surface area contributed by atoms with Gasteiger partial charge >= 0.3 is 0 Å². The Morgan fingerprint density at radius 3 is 1.47 bits per heavy atom. The number of rotatable bonds is 7. The summed E-state index contributed by atoms with van der Waals surface area (Å²) in [6, 6.07) is 14.2. The van der Waals surface area contributed by atoms with Crippen LogP contribution in [0.25, 0.3) is 11.1 Å². The van der Waals surface area contributed by atoms with Crippen LogP contribution in [0.3, 0.4) is 0 Å². The first-order valence-electron chi connectivity index (χ1n) is 11.9. The molecule has 2 saturated heterocycles. The molecular weight excluding hydrogens is 439 g/mol. The molecule has 6 heteroatoms. The molecule has 174 valence electrons. The molecule has 2 aromatic rings. The summed E-state index contributed by atoms with van der Waals surface area (Å²) in [6.45, 7) is 6.56. The van der Waals surface area contributed by atoms with Gasteiger partial charge in [0.2, 0.25) is 0 Å². The van der Waals surface area contributed by atoms with Crippen LogP contribution in [0.15, 0.2) is 36.4 Å². The van der Waals surface area contributed by atoms with Crippen molar-refractivity contribution in [3.63, 3.8) is 0 Å². The zero-order valence-electron chi connectivity index (χ0n) is 19.3. The van der Waals surface area contributed by atoms with E-state index in [0.29, 0.717) is 22.1 Å². The number of benzene rings is 2. The Morgan fingerprint density at radius 1 is 0.656 bits per heavy atom. The summed E-state index contributed by atoms with van der Waals surface area (Å²) in [7, 11) is 4.15. The molecule has 32 heavy (non-hydrogen) atoms. The van der Waals surface area contributed by atoms with Gasteiger partial charge in [-0.1, -0.05) is 29.3 Å². The van der Waals surface area contributed by atoms with Crippen molar-refractivity contribution in [2.24, 2.45) is 0 Å². The maximum atomic E-state index is 6.33. The van der Waals surface area contributed by atoms with Crippen molar-refractivity contribution in [1.82, 2.24) is 20.4 Å². The van der Waals surface area contributed by atoms with Gasteiger partial charge in [-0.15, -0.1) is 0 Å². The van der Waals surface area contributed by atoms with E-state index in [1.807, 2.05) is 12.1 Å². The first-order valence-corrected chi connectivity index (χ1v) is 12.7. The van der Waals surface area contributed by atoms with E-state index >= 15 is 0 Å². The molecule has 2 aliphatic heterocycles. The number of piperidine rings is 2. The van der Waals surface area contributed by atoms with Gasteiger partial charge in [-0.25, -0.2) is 0 Å². The van der Waals surface area contributed by atoms with Crippen LogP contribution in [0.1, 0.15) is 36.8 Å². The summed E-state index contributed by atoms with van der Waals surface area (Å²) >= 11 is 12.7. The average Bonchev–Trinajstić information content (AvgIpc) is 2.79. The second-order valence-corrected chi connectivity index (χ2v) is 10.2. The zero-order valence-corrected chi connectivity index (χ0v) is 20.9. The van der Waals surface area contributed by atoms with Gasteiger partial charge in [0.1, 0.15) is 0 Å². The molecule has 4 nitrogen and oxygen atoms in total. The highest BCUT2D eigenvalue weighted by molar-refractivity contribution is 6.35. The minimum absolute atomic E-state index is 0.655. The molecule has 0 bridgehead atoms. The molecule has 0 aromatic heterocycles. The molecule has 0 radical (unpaired) electrons. The molecule has 0 atom stereocenters. The van der Waals surface area contributed by atoms with Crippen molar-refractivity contribution >= 4 is 23.2 Å². The van der Waals surface area contributed by atoms with E-state index in [4.69, 9.17) is 23.2 Å². The maximum absolute atomic E-state index is 6.33. The average molecular weight is 476 g/mol. The Labute approximate surface area is 203 Å². The number of hydrogen-bond acceptors (Lipinski definition) is 4. The summed E-state index contributed by atoms with van der Waals surface area (Å²) in [5.41, 5.74) is 5.05. The quantitative estimate of drug-likeness (QED) is 0.588. The van der Waals surface area contributed by atoms with Gasteiger partial charge in [0.05, 0.1) is 0 Å². The normalized spacial score (nSPS) is 19.5. The minimum atomic E-state index is 0.655. The molecule has 0 saturated carbocycles. The van der Waals surface area contributed by atoms with Crippen molar-refractivity contribution in [2.75, 3.05) is 40.3 Å². The molecular formula is C26H36Cl2N4. The minimum Gasteiger partial charge on any atom is -0.317 e. The fraction of sp³-hybridized carbons (Fsp3) is 0.538. The van der Waals surface area contributed by atoms with E-state index in [1.165, 1.54) is 42.4 Å². The predicted octanol–water partition coefficient (Wildman–Crippen LogP) is 5.03. The summed E-state index contributed by atoms with van der Waals surface area (Å²) in [5.74, 6) is 0. The van der Waals surface area contributed by atoms with Crippen molar-refractivity contribution in [3.05, 3.63) is 57.6 Å². The fourth-order valence-electron chi connectivity index (χ4n) is 5.11. The summed E-state index contributed by atoms with van der Waals surface area (Å²) < 4.78 is 0. The highest BCUT2D eigenvalue weighted by Crippen LogP contribution is 2.30. The molecule has 2 heterocycles. The summed E-state index contributed by atoms with van der Waals surface area (Å²) in [4.78, 5) is 5.17. The molecule has 2 fully saturated rings. The Kier molecular flexibility index (Phi) is 8.49. The van der Waals surface area contributed by atoms with E-state index in [9.17, 15) is 0 Å². The first-order chi connectivity index (χ1) is 15.5. The lowest BCUT2D eigenvalue weighted by molar-refractivity contribution is 0.192. The lowest BCUT2D eigenvalue weighted by Crippen LogP contribution is -2.41. The molecule has 0 aliphatic carbocycles. The van der Waals surface area contributed by atoms with Crippen LogP contribution in [0, 0.1) is 0 Å². The number of nitrogens with one attached hydrogen (secondary N) is 2. The smallest absolute Gasteiger partial charge is 0.0426 e. The van der Waals surface area contributed by atoms with Gasteiger partial charge in [-0.3, -0.25) is 9.80 Å². The Bertz CT molecular complexity index is 823. The second-order valence-electron chi connectivity index (χ2n) is 9.37. The summed E-state index contributed by atoms with van der Waals surface area (Å²) in [6.07, 6.45) is 4.86. The fourth-order valence-corrected chi connectivity index (χ4v) is 5.63. The molecule has 4 rings (SSSR count). The van der Waals surface area contributed by atoms with Crippen LogP contribution in [0.4, 0.5) is 0 Å². The van der Waals surface area contributed by atoms with Crippen LogP contribution in [-0.4, -0.2) is 62.2 Å². The highest BCUT2D eigenvalue weighted by Gasteiger charge is 2.20. The largest absolute Gasteiger partial charge is 0.317 e. The molecule has 2 N–H and O–H groups in total. The third-order valence-electron chi connectivity index (χ3n) is 7.05. The van der Waals surface area contributed by atoms with Crippen molar-refractivity contribution in [2.45, 2.75) is 50.9 Å². The van der Waals surface area contributed by atoms with E-state index in [0.717, 1.165) is 44.8 Å². The van der Waals surface area contributed by atoms with Gasteiger partial charge in [0.15, 0.2) is 0 Å². The first kappa shape index (κ1) is 24.0. The van der Waals surface area contributed by atoms with E-state index in [1.54, 1.807) is 6.07 Å². The van der Waals surface area contributed by atoms with Gasteiger partial charge in [-0.2, -0.15) is 0 Å². The van der Waals surface area contributed by atoms with E-state index in [-0.39, 0.29) is 0 Å². The number of likely N-dealkylation sites (tertiary alicyclic amines) is 2. The van der Waals surface area contributed by atoms with Gasteiger partial charge in [0.25, 0.3) is 0 Å². The van der Waals surface area contributed by atoms with Crippen LogP contribution in [0.2, 0.25) is 10.0 Å². The number of hydrogen-bond donors (Lipinski definition) is 2. The van der Waals surface area contributed by atoms with Gasteiger partial charge in [-0.05, 0) is 119 Å². The molecule has 0 unspecified atom stereocenters. The lowest BCUT2D eigenvalue weighted by atomic mass is 9.97. The van der Waals surface area contributed by atoms with Crippen molar-refractivity contribution in [1.29, 1.82) is 0 Å². The van der Waals surface area contributed by atoms with Crippen molar-refractivity contribution in [3.8, 4) is 11.1 Å². The third kappa shape index (κ3) is 6.47. The Balaban J connectivity index is 1.55. The Morgan fingerprint density at radius 2 is 1.06 bits per heavy atom. The molecule has 2 aliphatic rings. The third-order valence-corrected chi connectivity index (χ3v) is 7.49. The zero-order chi connectivity index (χ0) is 22.5. The van der Waals surface area contributed by atoms with Gasteiger partial charge < -0.3 is 10.6 Å². The number of halogens is 2. The predicted molar refractivity (Wildman–Crippen MR) is 137 cm³/mol. The van der Waals surface area contributed by atoms with Crippen molar-refractivity contribution < 1.29 is 0 Å². The second kappa shape index (κ2) is 11.3.